The molecule has 1 aliphatic rings. The standard InChI is InChI=1S/C17H17NO5S2/c1-11-9-18(10-13(11)17(20)21)16(19)14-7-8-15(24-14)25(22,23)12-5-3-2-4-6-12/h2-8,11,13H,9-10H2,1H3,(H,20,21)/t11-,13-/m1/s1. The SMILES string of the molecule is C[C@@H]1CN(C(=O)c2ccc(S(=O)(=O)c3ccccc3)s2)C[C@H]1C(=O)O. The molecule has 132 valence electrons. The fraction of sp³-hybridized carbons (Fsp3) is 0.294. The summed E-state index contributed by atoms with van der Waals surface area (Å²) >= 11 is 0.914. The molecule has 0 bridgehead atoms. The van der Waals surface area contributed by atoms with E-state index in [4.69, 9.17) is 0 Å². The largest absolute Gasteiger partial charge is 0.481 e. The van der Waals surface area contributed by atoms with Crippen molar-refractivity contribution in [2.24, 2.45) is 11.8 Å². The van der Waals surface area contributed by atoms with Gasteiger partial charge in [-0.1, -0.05) is 25.1 Å². The molecule has 0 radical (unpaired) electrons. The molecule has 1 aromatic heterocycles. The molecule has 1 fully saturated rings. The molecular formula is C17H17NO5S2. The molecule has 0 saturated carbocycles. The van der Waals surface area contributed by atoms with E-state index in [-0.39, 0.29) is 27.5 Å². The summed E-state index contributed by atoms with van der Waals surface area (Å²) in [5.74, 6) is -1.96. The van der Waals surface area contributed by atoms with Gasteiger partial charge >= 0.3 is 5.97 Å². The Morgan fingerprint density at radius 3 is 2.40 bits per heavy atom. The number of thiophene rings is 1. The molecule has 1 aromatic carbocycles. The Hall–Kier alpha value is -2.19. The number of hydrogen-bond donors (Lipinski definition) is 1. The third kappa shape index (κ3) is 3.32. The number of amides is 1. The normalized spacial score (nSPS) is 20.6. The summed E-state index contributed by atoms with van der Waals surface area (Å²) < 4.78 is 25.3. The van der Waals surface area contributed by atoms with Crippen LogP contribution >= 0.6 is 11.3 Å². The number of carboxylic acids is 1. The zero-order valence-corrected chi connectivity index (χ0v) is 15.1. The molecule has 0 unspecified atom stereocenters. The molecule has 3 rings (SSSR count). The van der Waals surface area contributed by atoms with Crippen LogP contribution in [0.2, 0.25) is 0 Å². The van der Waals surface area contributed by atoms with Crippen molar-refractivity contribution in [3.8, 4) is 0 Å². The van der Waals surface area contributed by atoms with Gasteiger partial charge in [0.15, 0.2) is 0 Å². The first-order chi connectivity index (χ1) is 11.8. The van der Waals surface area contributed by atoms with Crippen molar-refractivity contribution < 1.29 is 23.1 Å². The van der Waals surface area contributed by atoms with Crippen LogP contribution in [0.25, 0.3) is 0 Å². The maximum Gasteiger partial charge on any atom is 0.308 e. The highest BCUT2D eigenvalue weighted by atomic mass is 32.2. The van der Waals surface area contributed by atoms with Crippen molar-refractivity contribution in [1.29, 1.82) is 0 Å². The van der Waals surface area contributed by atoms with E-state index >= 15 is 0 Å². The Morgan fingerprint density at radius 1 is 1.12 bits per heavy atom. The summed E-state index contributed by atoms with van der Waals surface area (Å²) in [4.78, 5) is 25.7. The average molecular weight is 379 g/mol. The minimum Gasteiger partial charge on any atom is -0.481 e. The highest BCUT2D eigenvalue weighted by Crippen LogP contribution is 2.30. The second kappa shape index (κ2) is 6.61. The van der Waals surface area contributed by atoms with E-state index < -0.39 is 21.7 Å². The predicted octanol–water partition coefficient (Wildman–Crippen LogP) is 2.37. The lowest BCUT2D eigenvalue weighted by atomic mass is 9.99. The van der Waals surface area contributed by atoms with E-state index in [9.17, 15) is 23.1 Å². The van der Waals surface area contributed by atoms with E-state index in [0.29, 0.717) is 11.4 Å². The number of benzene rings is 1. The van der Waals surface area contributed by atoms with Crippen molar-refractivity contribution >= 4 is 33.1 Å². The number of carbonyl (C=O) groups excluding carboxylic acids is 1. The molecule has 1 aliphatic heterocycles. The second-order valence-electron chi connectivity index (χ2n) is 6.07. The molecule has 0 aliphatic carbocycles. The van der Waals surface area contributed by atoms with Gasteiger partial charge < -0.3 is 10.0 Å². The van der Waals surface area contributed by atoms with E-state index in [1.165, 1.54) is 29.2 Å². The zero-order valence-electron chi connectivity index (χ0n) is 13.5. The predicted molar refractivity (Wildman–Crippen MR) is 92.4 cm³/mol. The summed E-state index contributed by atoms with van der Waals surface area (Å²) in [6.45, 7) is 2.30. The average Bonchev–Trinajstić information content (AvgIpc) is 3.22. The Labute approximate surface area is 149 Å². The van der Waals surface area contributed by atoms with Gasteiger partial charge in [-0.2, -0.15) is 0 Å². The van der Waals surface area contributed by atoms with Gasteiger partial charge in [-0.3, -0.25) is 9.59 Å². The van der Waals surface area contributed by atoms with Gasteiger partial charge in [0, 0.05) is 13.1 Å². The fourth-order valence-corrected chi connectivity index (χ4v) is 5.60. The number of carboxylic acid groups (broad SMARTS) is 1. The highest BCUT2D eigenvalue weighted by Gasteiger charge is 2.37. The first-order valence-corrected chi connectivity index (χ1v) is 10.0. The molecule has 2 aromatic rings. The first-order valence-electron chi connectivity index (χ1n) is 7.72. The van der Waals surface area contributed by atoms with Crippen LogP contribution in [0.3, 0.4) is 0 Å². The molecule has 8 heteroatoms. The van der Waals surface area contributed by atoms with E-state index in [2.05, 4.69) is 0 Å². The summed E-state index contributed by atoms with van der Waals surface area (Å²) in [6.07, 6.45) is 0. The third-order valence-electron chi connectivity index (χ3n) is 4.33. The summed E-state index contributed by atoms with van der Waals surface area (Å²) in [6, 6.07) is 11.0. The van der Waals surface area contributed by atoms with Crippen LogP contribution < -0.4 is 0 Å². The first kappa shape index (κ1) is 17.6. The number of hydrogen-bond acceptors (Lipinski definition) is 5. The number of nitrogens with zero attached hydrogens (tertiary/aromatic N) is 1. The van der Waals surface area contributed by atoms with Crippen molar-refractivity contribution in [1.82, 2.24) is 4.90 Å². The minimum absolute atomic E-state index is 0.101. The maximum absolute atomic E-state index is 12.6. The third-order valence-corrected chi connectivity index (χ3v) is 7.66. The van der Waals surface area contributed by atoms with Crippen LogP contribution in [-0.2, 0) is 14.6 Å². The molecule has 2 heterocycles. The van der Waals surface area contributed by atoms with Crippen LogP contribution in [0, 0.1) is 11.8 Å². The zero-order chi connectivity index (χ0) is 18.2. The van der Waals surface area contributed by atoms with Crippen LogP contribution in [0.15, 0.2) is 51.6 Å². The number of likely N-dealkylation sites (tertiary alicyclic amines) is 1. The Kier molecular flexibility index (Phi) is 4.66. The van der Waals surface area contributed by atoms with Crippen molar-refractivity contribution in [2.45, 2.75) is 16.0 Å². The van der Waals surface area contributed by atoms with Crippen molar-refractivity contribution in [3.05, 3.63) is 47.3 Å². The van der Waals surface area contributed by atoms with Gasteiger partial charge in [-0.25, -0.2) is 8.42 Å². The lowest BCUT2D eigenvalue weighted by Gasteiger charge is -2.14. The topological polar surface area (TPSA) is 91.8 Å². The molecule has 1 saturated heterocycles. The highest BCUT2D eigenvalue weighted by molar-refractivity contribution is 7.93. The smallest absolute Gasteiger partial charge is 0.308 e. The van der Waals surface area contributed by atoms with Gasteiger partial charge in [-0.05, 0) is 30.2 Å². The van der Waals surface area contributed by atoms with Crippen LogP contribution in [0.4, 0.5) is 0 Å². The Morgan fingerprint density at radius 2 is 1.80 bits per heavy atom. The molecule has 1 N–H and O–H groups in total. The monoisotopic (exact) mass is 379 g/mol. The lowest BCUT2D eigenvalue weighted by Crippen LogP contribution is -2.29. The molecular weight excluding hydrogens is 362 g/mol. The van der Waals surface area contributed by atoms with E-state index in [1.54, 1.807) is 25.1 Å². The van der Waals surface area contributed by atoms with Crippen molar-refractivity contribution in [3.63, 3.8) is 0 Å². The van der Waals surface area contributed by atoms with Gasteiger partial charge in [-0.15, -0.1) is 11.3 Å². The number of sulfone groups is 1. The summed E-state index contributed by atoms with van der Waals surface area (Å²) in [7, 11) is -3.66. The van der Waals surface area contributed by atoms with Gasteiger partial charge in [0.05, 0.1) is 15.7 Å². The molecule has 6 nitrogen and oxygen atoms in total. The van der Waals surface area contributed by atoms with Gasteiger partial charge in [0.25, 0.3) is 5.91 Å². The summed E-state index contributed by atoms with van der Waals surface area (Å²) in [5, 5.41) is 9.18. The quantitative estimate of drug-likeness (QED) is 0.881. The summed E-state index contributed by atoms with van der Waals surface area (Å²) in [5.41, 5.74) is 0. The molecule has 1 amide bonds. The molecule has 25 heavy (non-hydrogen) atoms. The Bertz CT molecular complexity index is 904. The maximum atomic E-state index is 12.6. The minimum atomic E-state index is -3.66. The van der Waals surface area contributed by atoms with Gasteiger partial charge in [0.2, 0.25) is 9.84 Å². The fourth-order valence-electron chi connectivity index (χ4n) is 2.91. The number of carbonyl (C=O) groups is 2. The number of rotatable bonds is 4. The van der Waals surface area contributed by atoms with Crippen LogP contribution in [0.1, 0.15) is 16.6 Å². The van der Waals surface area contributed by atoms with Crippen LogP contribution in [0.5, 0.6) is 0 Å². The molecule has 2 atom stereocenters. The van der Waals surface area contributed by atoms with Crippen LogP contribution in [-0.4, -0.2) is 43.4 Å². The van der Waals surface area contributed by atoms with E-state index in [1.807, 2.05) is 0 Å². The molecule has 0 spiro atoms. The van der Waals surface area contributed by atoms with Crippen molar-refractivity contribution in [2.75, 3.05) is 13.1 Å². The van der Waals surface area contributed by atoms with E-state index in [0.717, 1.165) is 11.3 Å². The second-order valence-corrected chi connectivity index (χ2v) is 9.33. The number of aliphatic carboxylic acids is 1. The lowest BCUT2D eigenvalue weighted by molar-refractivity contribution is -0.142. The Balaban J connectivity index is 1.83. The van der Waals surface area contributed by atoms with Gasteiger partial charge in [0.1, 0.15) is 4.21 Å².